The highest BCUT2D eigenvalue weighted by molar-refractivity contribution is 7.90. The molecule has 0 atom stereocenters. The highest BCUT2D eigenvalue weighted by Gasteiger charge is 2.26. The van der Waals surface area contributed by atoms with Crippen molar-refractivity contribution < 1.29 is 26.7 Å². The molecule has 0 unspecified atom stereocenters. The van der Waals surface area contributed by atoms with Gasteiger partial charge in [0.05, 0.1) is 16.2 Å². The number of nitrogens with one attached hydrogen (secondary N) is 1. The summed E-state index contributed by atoms with van der Waals surface area (Å²) in [6.45, 7) is 0.590. The summed E-state index contributed by atoms with van der Waals surface area (Å²) in [7, 11) is -7.73. The van der Waals surface area contributed by atoms with Crippen LogP contribution >= 0.6 is 0 Å². The quantitative estimate of drug-likeness (QED) is 0.717. The molecule has 0 radical (unpaired) electrons. The van der Waals surface area contributed by atoms with Gasteiger partial charge in [0.2, 0.25) is 20.0 Å². The Balaban J connectivity index is 2.23. The van der Waals surface area contributed by atoms with Gasteiger partial charge in [-0.15, -0.1) is 0 Å². The van der Waals surface area contributed by atoms with Gasteiger partial charge in [-0.05, 0) is 31.0 Å². The average molecular weight is 390 g/mol. The van der Waals surface area contributed by atoms with Crippen molar-refractivity contribution in [3.63, 3.8) is 0 Å². The zero-order valence-electron chi connectivity index (χ0n) is 13.7. The predicted molar refractivity (Wildman–Crippen MR) is 91.1 cm³/mol. The Morgan fingerprint density at radius 3 is 2.24 bits per heavy atom. The Bertz CT molecular complexity index is 812. The number of carboxylic acid groups (broad SMARTS) is 1. The van der Waals surface area contributed by atoms with E-state index in [-0.39, 0.29) is 22.8 Å². The topological polar surface area (TPSA) is 121 Å². The van der Waals surface area contributed by atoms with Gasteiger partial charge in [-0.25, -0.2) is 21.6 Å². The van der Waals surface area contributed by atoms with E-state index in [9.17, 15) is 21.6 Å². The summed E-state index contributed by atoms with van der Waals surface area (Å²) < 4.78 is 53.5. The van der Waals surface area contributed by atoms with Gasteiger partial charge >= 0.3 is 5.97 Å². The third-order valence-corrected chi connectivity index (χ3v) is 7.30. The molecule has 1 fully saturated rings. The zero-order chi connectivity index (χ0) is 18.5. The van der Waals surface area contributed by atoms with Gasteiger partial charge in [-0.3, -0.25) is 4.79 Å². The molecule has 1 saturated heterocycles. The molecule has 1 heterocycles. The molecule has 0 spiro atoms. The van der Waals surface area contributed by atoms with Crippen LogP contribution in [0.4, 0.5) is 0 Å². The summed E-state index contributed by atoms with van der Waals surface area (Å²) in [4.78, 5) is 10.2. The first-order valence-electron chi connectivity index (χ1n) is 8.05. The number of hydrogen-bond acceptors (Lipinski definition) is 5. The van der Waals surface area contributed by atoms with Crippen LogP contribution in [-0.2, 0) is 24.8 Å². The van der Waals surface area contributed by atoms with Crippen molar-refractivity contribution in [1.29, 1.82) is 0 Å². The summed E-state index contributed by atoms with van der Waals surface area (Å²) in [6, 6.07) is 5.14. The largest absolute Gasteiger partial charge is 0.481 e. The fourth-order valence-corrected chi connectivity index (χ4v) is 5.32. The van der Waals surface area contributed by atoms with Gasteiger partial charge in [0, 0.05) is 19.6 Å². The Morgan fingerprint density at radius 1 is 1.04 bits per heavy atom. The number of carboxylic acids is 1. The van der Waals surface area contributed by atoms with Crippen LogP contribution in [0.2, 0.25) is 0 Å². The van der Waals surface area contributed by atoms with E-state index in [0.717, 1.165) is 31.7 Å². The van der Waals surface area contributed by atoms with E-state index in [2.05, 4.69) is 4.72 Å². The third kappa shape index (κ3) is 5.24. The molecule has 2 rings (SSSR count). The first kappa shape index (κ1) is 19.8. The maximum atomic E-state index is 12.8. The molecule has 1 aromatic rings. The molecule has 1 aromatic carbocycles. The highest BCUT2D eigenvalue weighted by Crippen LogP contribution is 2.22. The summed E-state index contributed by atoms with van der Waals surface area (Å²) in [5, 5.41) is 8.58. The second-order valence-electron chi connectivity index (χ2n) is 5.83. The monoisotopic (exact) mass is 390 g/mol. The van der Waals surface area contributed by atoms with Crippen molar-refractivity contribution in [3.05, 3.63) is 24.3 Å². The minimum absolute atomic E-state index is 0.0736. The van der Waals surface area contributed by atoms with Crippen LogP contribution < -0.4 is 4.72 Å². The lowest BCUT2D eigenvalue weighted by molar-refractivity contribution is -0.136. The van der Waals surface area contributed by atoms with Crippen LogP contribution in [0.15, 0.2) is 34.1 Å². The maximum Gasteiger partial charge on any atom is 0.304 e. The lowest BCUT2D eigenvalue weighted by Crippen LogP contribution is -2.32. The van der Waals surface area contributed by atoms with Crippen LogP contribution in [0.25, 0.3) is 0 Å². The van der Waals surface area contributed by atoms with Crippen LogP contribution in [0.5, 0.6) is 0 Å². The molecule has 2 N–H and O–H groups in total. The molecule has 140 valence electrons. The number of hydrogen-bond donors (Lipinski definition) is 2. The molecule has 1 aliphatic rings. The lowest BCUT2D eigenvalue weighted by atomic mass is 10.2. The molecule has 0 aliphatic carbocycles. The van der Waals surface area contributed by atoms with E-state index >= 15 is 0 Å². The molecule has 8 nitrogen and oxygen atoms in total. The number of sulfonamides is 2. The minimum atomic E-state index is -3.97. The standard InChI is InChI=1S/C15H22N2O6S2/c18-15(19)8-9-16-24(20,21)13-6-5-7-14(12-13)25(22,23)17-10-3-1-2-4-11-17/h5-7,12,16H,1-4,8-11H2,(H,18,19). The van der Waals surface area contributed by atoms with E-state index in [0.29, 0.717) is 13.1 Å². The number of carbonyl (C=O) groups is 1. The molecule has 25 heavy (non-hydrogen) atoms. The first-order valence-corrected chi connectivity index (χ1v) is 11.0. The van der Waals surface area contributed by atoms with E-state index in [1.54, 1.807) is 0 Å². The Kier molecular flexibility index (Phi) is 6.55. The lowest BCUT2D eigenvalue weighted by Gasteiger charge is -2.20. The average Bonchev–Trinajstić information content (AvgIpc) is 2.84. The van der Waals surface area contributed by atoms with Crippen molar-refractivity contribution in [3.8, 4) is 0 Å². The zero-order valence-corrected chi connectivity index (χ0v) is 15.4. The van der Waals surface area contributed by atoms with Crippen LogP contribution in [0.1, 0.15) is 32.1 Å². The molecule has 0 amide bonds. The molecular weight excluding hydrogens is 368 g/mol. The number of benzene rings is 1. The van der Waals surface area contributed by atoms with Crippen LogP contribution in [0.3, 0.4) is 0 Å². The van der Waals surface area contributed by atoms with Gasteiger partial charge < -0.3 is 5.11 Å². The summed E-state index contributed by atoms with van der Waals surface area (Å²) in [5.74, 6) is -1.12. The van der Waals surface area contributed by atoms with Gasteiger partial charge in [0.25, 0.3) is 0 Å². The first-order chi connectivity index (χ1) is 11.7. The number of aliphatic carboxylic acids is 1. The van der Waals surface area contributed by atoms with Gasteiger partial charge in [0.15, 0.2) is 0 Å². The Labute approximate surface area is 147 Å². The van der Waals surface area contributed by atoms with Gasteiger partial charge in [-0.1, -0.05) is 18.9 Å². The van der Waals surface area contributed by atoms with Crippen LogP contribution in [-0.4, -0.2) is 51.9 Å². The molecule has 0 bridgehead atoms. The van der Waals surface area contributed by atoms with Crippen molar-refractivity contribution in [2.45, 2.75) is 41.9 Å². The normalized spacial score (nSPS) is 17.1. The molecule has 10 heteroatoms. The molecule has 0 saturated carbocycles. The number of nitrogens with zero attached hydrogens (tertiary/aromatic N) is 1. The van der Waals surface area contributed by atoms with E-state index in [1.165, 1.54) is 22.5 Å². The summed E-state index contributed by atoms with van der Waals surface area (Å²) >= 11 is 0. The third-order valence-electron chi connectivity index (χ3n) is 3.95. The van der Waals surface area contributed by atoms with Crippen LogP contribution in [0, 0.1) is 0 Å². The van der Waals surface area contributed by atoms with E-state index < -0.39 is 26.0 Å². The van der Waals surface area contributed by atoms with E-state index in [4.69, 9.17) is 5.11 Å². The van der Waals surface area contributed by atoms with Gasteiger partial charge in [-0.2, -0.15) is 4.31 Å². The van der Waals surface area contributed by atoms with Crippen molar-refractivity contribution in [1.82, 2.24) is 9.03 Å². The van der Waals surface area contributed by atoms with Crippen molar-refractivity contribution in [2.24, 2.45) is 0 Å². The Morgan fingerprint density at radius 2 is 1.64 bits per heavy atom. The smallest absolute Gasteiger partial charge is 0.304 e. The maximum absolute atomic E-state index is 12.8. The predicted octanol–water partition coefficient (Wildman–Crippen LogP) is 1.00. The summed E-state index contributed by atoms with van der Waals surface area (Å²) in [6.07, 6.45) is 3.18. The second kappa shape index (κ2) is 8.26. The summed E-state index contributed by atoms with van der Waals surface area (Å²) in [5.41, 5.74) is 0. The van der Waals surface area contributed by atoms with Gasteiger partial charge in [0.1, 0.15) is 0 Å². The Hall–Kier alpha value is -1.49. The SMILES string of the molecule is O=C(O)CCNS(=O)(=O)c1cccc(S(=O)(=O)N2CCCCCC2)c1. The number of rotatable bonds is 7. The molecule has 1 aliphatic heterocycles. The fourth-order valence-electron chi connectivity index (χ4n) is 2.61. The highest BCUT2D eigenvalue weighted by atomic mass is 32.2. The van der Waals surface area contributed by atoms with E-state index in [1.807, 2.05) is 0 Å². The molecular formula is C15H22N2O6S2. The van der Waals surface area contributed by atoms with Crippen molar-refractivity contribution in [2.75, 3.05) is 19.6 Å². The second-order valence-corrected chi connectivity index (χ2v) is 9.54. The fraction of sp³-hybridized carbons (Fsp3) is 0.533. The minimum Gasteiger partial charge on any atom is -0.481 e. The van der Waals surface area contributed by atoms with Crippen molar-refractivity contribution >= 4 is 26.0 Å². The molecule has 0 aromatic heterocycles.